The van der Waals surface area contributed by atoms with E-state index in [1.54, 1.807) is 6.92 Å². The van der Waals surface area contributed by atoms with Crippen LogP contribution in [0.2, 0.25) is 0 Å². The zero-order chi connectivity index (χ0) is 16.3. The molecule has 0 spiro atoms. The largest absolute Gasteiger partial charge is 0.462 e. The van der Waals surface area contributed by atoms with Crippen molar-refractivity contribution in [3.8, 4) is 11.4 Å². The molecule has 0 bridgehead atoms. The molecule has 2 rings (SSSR count). The van der Waals surface area contributed by atoms with E-state index in [1.165, 1.54) is 12.1 Å². The normalized spacial score (nSPS) is 11.3. The van der Waals surface area contributed by atoms with Crippen LogP contribution in [0.15, 0.2) is 35.3 Å². The molecule has 1 heterocycles. The maximum Gasteiger partial charge on any atom is 0.416 e. The molecule has 0 fully saturated rings. The summed E-state index contributed by atoms with van der Waals surface area (Å²) in [5.74, 6) is -0.906. The van der Waals surface area contributed by atoms with Crippen LogP contribution in [-0.4, -0.2) is 22.5 Å². The van der Waals surface area contributed by atoms with Gasteiger partial charge in [-0.05, 0) is 19.1 Å². The molecule has 0 atom stereocenters. The summed E-state index contributed by atoms with van der Waals surface area (Å²) in [4.78, 5) is 29.3. The predicted octanol–water partition coefficient (Wildman–Crippen LogP) is 2.63. The van der Waals surface area contributed by atoms with Crippen LogP contribution in [0.1, 0.15) is 22.8 Å². The van der Waals surface area contributed by atoms with Crippen molar-refractivity contribution >= 4 is 5.97 Å². The van der Waals surface area contributed by atoms with E-state index in [4.69, 9.17) is 0 Å². The van der Waals surface area contributed by atoms with E-state index in [2.05, 4.69) is 14.7 Å². The number of carbonyl (C=O) groups excluding carboxylic acids is 1. The molecule has 0 aliphatic carbocycles. The third-order valence-electron chi connectivity index (χ3n) is 2.76. The summed E-state index contributed by atoms with van der Waals surface area (Å²) < 4.78 is 42.7. The molecule has 8 heteroatoms. The van der Waals surface area contributed by atoms with E-state index in [9.17, 15) is 22.8 Å². The van der Waals surface area contributed by atoms with Crippen molar-refractivity contribution in [3.63, 3.8) is 0 Å². The maximum atomic E-state index is 12.7. The fraction of sp³-hybridized carbons (Fsp3) is 0.214. The monoisotopic (exact) mass is 312 g/mol. The summed E-state index contributed by atoms with van der Waals surface area (Å²) in [5, 5.41) is 0. The second-order valence-corrected chi connectivity index (χ2v) is 4.27. The van der Waals surface area contributed by atoms with Gasteiger partial charge in [-0.3, -0.25) is 4.79 Å². The van der Waals surface area contributed by atoms with Crippen LogP contribution in [0.25, 0.3) is 11.4 Å². The molecule has 0 aliphatic rings. The van der Waals surface area contributed by atoms with Crippen molar-refractivity contribution in [3.05, 3.63) is 51.9 Å². The van der Waals surface area contributed by atoms with Gasteiger partial charge in [-0.15, -0.1) is 0 Å². The average molecular weight is 312 g/mol. The number of ether oxygens (including phenoxy) is 1. The zero-order valence-electron chi connectivity index (χ0n) is 11.4. The van der Waals surface area contributed by atoms with Gasteiger partial charge in [-0.1, -0.05) is 12.1 Å². The minimum Gasteiger partial charge on any atom is -0.462 e. The van der Waals surface area contributed by atoms with Crippen LogP contribution in [-0.2, 0) is 10.9 Å². The Bertz CT molecular complexity index is 753. The van der Waals surface area contributed by atoms with Crippen molar-refractivity contribution in [2.24, 2.45) is 0 Å². The number of benzene rings is 1. The molecule has 0 radical (unpaired) electrons. The molecule has 1 aromatic heterocycles. The van der Waals surface area contributed by atoms with E-state index in [0.29, 0.717) is 0 Å². The number of hydrogen-bond acceptors (Lipinski definition) is 4. The number of esters is 1. The summed E-state index contributed by atoms with van der Waals surface area (Å²) >= 11 is 0. The van der Waals surface area contributed by atoms with E-state index in [0.717, 1.165) is 18.3 Å². The highest BCUT2D eigenvalue weighted by atomic mass is 19.4. The highest BCUT2D eigenvalue weighted by Gasteiger charge is 2.30. The fourth-order valence-electron chi connectivity index (χ4n) is 1.74. The first kappa shape index (κ1) is 15.7. The summed E-state index contributed by atoms with van der Waals surface area (Å²) in [6, 6.07) is 4.35. The molecule has 116 valence electrons. The molecule has 2 aromatic rings. The molecule has 5 nitrogen and oxygen atoms in total. The number of rotatable bonds is 3. The van der Waals surface area contributed by atoms with Crippen molar-refractivity contribution in [1.82, 2.24) is 9.97 Å². The lowest BCUT2D eigenvalue weighted by Crippen LogP contribution is -2.21. The Kier molecular flexibility index (Phi) is 4.30. The SMILES string of the molecule is CCOC(=O)c1cnc(-c2cccc(C(F)(F)F)c2)[nH]c1=O. The van der Waals surface area contributed by atoms with Crippen molar-refractivity contribution in [1.29, 1.82) is 0 Å². The number of aromatic nitrogens is 2. The average Bonchev–Trinajstić information content (AvgIpc) is 2.46. The second kappa shape index (κ2) is 6.00. The topological polar surface area (TPSA) is 72.0 Å². The standard InChI is InChI=1S/C14H11F3N2O3/c1-2-22-13(21)10-7-18-11(19-12(10)20)8-4-3-5-9(6-8)14(15,16)17/h3-7H,2H2,1H3,(H,18,19,20). The van der Waals surface area contributed by atoms with Crippen LogP contribution in [0, 0.1) is 0 Å². The van der Waals surface area contributed by atoms with Crippen molar-refractivity contribution in [2.75, 3.05) is 6.61 Å². The lowest BCUT2D eigenvalue weighted by Gasteiger charge is -2.08. The number of nitrogens with one attached hydrogen (secondary N) is 1. The summed E-state index contributed by atoms with van der Waals surface area (Å²) in [6.07, 6.45) is -3.52. The Morgan fingerprint density at radius 2 is 2.09 bits per heavy atom. The van der Waals surface area contributed by atoms with Gasteiger partial charge in [0, 0.05) is 11.8 Å². The molecule has 0 unspecified atom stereocenters. The number of aromatic amines is 1. The van der Waals surface area contributed by atoms with E-state index < -0.39 is 23.3 Å². The Balaban J connectivity index is 2.41. The Labute approximate surface area is 122 Å². The van der Waals surface area contributed by atoms with Gasteiger partial charge in [0.1, 0.15) is 11.4 Å². The van der Waals surface area contributed by atoms with Crippen LogP contribution in [0.4, 0.5) is 13.2 Å². The number of hydrogen-bond donors (Lipinski definition) is 1. The Morgan fingerprint density at radius 3 is 2.68 bits per heavy atom. The van der Waals surface area contributed by atoms with E-state index in [-0.39, 0.29) is 23.6 Å². The number of H-pyrrole nitrogens is 1. The molecule has 0 amide bonds. The minimum absolute atomic E-state index is 0.0656. The number of halogens is 3. The third-order valence-corrected chi connectivity index (χ3v) is 2.76. The fourth-order valence-corrected chi connectivity index (χ4v) is 1.74. The van der Waals surface area contributed by atoms with Gasteiger partial charge in [0.2, 0.25) is 0 Å². The highest BCUT2D eigenvalue weighted by molar-refractivity contribution is 5.88. The molecule has 0 aliphatic heterocycles. The van der Waals surface area contributed by atoms with Crippen molar-refractivity contribution < 1.29 is 22.7 Å². The zero-order valence-corrected chi connectivity index (χ0v) is 11.4. The molecule has 1 aromatic carbocycles. The molecule has 1 N–H and O–H groups in total. The maximum absolute atomic E-state index is 12.7. The summed E-state index contributed by atoms with van der Waals surface area (Å²) in [7, 11) is 0. The first-order chi connectivity index (χ1) is 10.3. The molecular weight excluding hydrogens is 301 g/mol. The van der Waals surface area contributed by atoms with Crippen molar-refractivity contribution in [2.45, 2.75) is 13.1 Å². The van der Waals surface area contributed by atoms with Gasteiger partial charge in [0.15, 0.2) is 0 Å². The van der Waals surface area contributed by atoms with Gasteiger partial charge in [0.25, 0.3) is 5.56 Å². The van der Waals surface area contributed by atoms with Crippen LogP contribution >= 0.6 is 0 Å². The third kappa shape index (κ3) is 3.33. The number of alkyl halides is 3. The molecule has 0 saturated carbocycles. The molecule has 22 heavy (non-hydrogen) atoms. The minimum atomic E-state index is -4.50. The number of carbonyl (C=O) groups is 1. The lowest BCUT2D eigenvalue weighted by molar-refractivity contribution is -0.137. The summed E-state index contributed by atoms with van der Waals surface area (Å²) in [5.41, 5.74) is -1.86. The van der Waals surface area contributed by atoms with Gasteiger partial charge in [0.05, 0.1) is 12.2 Å². The molecular formula is C14H11F3N2O3. The number of nitrogens with zero attached hydrogens (tertiary/aromatic N) is 1. The highest BCUT2D eigenvalue weighted by Crippen LogP contribution is 2.31. The van der Waals surface area contributed by atoms with E-state index >= 15 is 0 Å². The van der Waals surface area contributed by atoms with Crippen LogP contribution in [0.3, 0.4) is 0 Å². The molecule has 0 saturated heterocycles. The van der Waals surface area contributed by atoms with Gasteiger partial charge in [-0.2, -0.15) is 13.2 Å². The van der Waals surface area contributed by atoms with Crippen LogP contribution < -0.4 is 5.56 Å². The van der Waals surface area contributed by atoms with E-state index in [1.807, 2.05) is 0 Å². The van der Waals surface area contributed by atoms with Gasteiger partial charge < -0.3 is 9.72 Å². The second-order valence-electron chi connectivity index (χ2n) is 4.27. The Morgan fingerprint density at radius 1 is 1.36 bits per heavy atom. The first-order valence-electron chi connectivity index (χ1n) is 6.27. The predicted molar refractivity (Wildman–Crippen MR) is 71.3 cm³/mol. The first-order valence-corrected chi connectivity index (χ1v) is 6.27. The van der Waals surface area contributed by atoms with Gasteiger partial charge >= 0.3 is 12.1 Å². The van der Waals surface area contributed by atoms with Gasteiger partial charge in [-0.25, -0.2) is 9.78 Å². The Hall–Kier alpha value is -2.64. The quantitative estimate of drug-likeness (QED) is 0.884. The van der Waals surface area contributed by atoms with Crippen LogP contribution in [0.5, 0.6) is 0 Å². The smallest absolute Gasteiger partial charge is 0.416 e. The lowest BCUT2D eigenvalue weighted by atomic mass is 10.1. The summed E-state index contributed by atoms with van der Waals surface area (Å²) in [6.45, 7) is 1.67.